The van der Waals surface area contributed by atoms with Crippen LogP contribution in [0.5, 0.6) is 0 Å². The van der Waals surface area contributed by atoms with Crippen molar-refractivity contribution in [2.75, 3.05) is 24.6 Å². The number of carbonyl (C=O) groups excluding carboxylic acids is 1. The van der Waals surface area contributed by atoms with Crippen LogP contribution in [-0.2, 0) is 4.79 Å². The molecule has 1 heterocycles. The topological polar surface area (TPSA) is 41.1 Å². The van der Waals surface area contributed by atoms with Crippen LogP contribution in [-0.4, -0.2) is 36.5 Å². The van der Waals surface area contributed by atoms with Gasteiger partial charge >= 0.3 is 0 Å². The van der Waals surface area contributed by atoms with Crippen LogP contribution in [0.4, 0.5) is 0 Å². The van der Waals surface area contributed by atoms with Gasteiger partial charge in [0.15, 0.2) is 0 Å². The van der Waals surface area contributed by atoms with E-state index in [1.165, 1.54) is 18.6 Å². The Morgan fingerprint density at radius 1 is 1.57 bits per heavy atom. The third kappa shape index (κ3) is 4.86. The van der Waals surface area contributed by atoms with Crippen LogP contribution in [0, 0.1) is 0 Å². The number of thioether (sulfide) groups is 1. The number of carbonyl (C=O) groups is 1. The van der Waals surface area contributed by atoms with E-state index in [0.717, 1.165) is 18.7 Å². The Kier molecular flexibility index (Phi) is 6.03. The second kappa shape index (κ2) is 7.12. The largest absolute Gasteiger partial charge is 0.355 e. The molecule has 0 bridgehead atoms. The molecule has 1 fully saturated rings. The highest BCUT2D eigenvalue weighted by molar-refractivity contribution is 7.99. The van der Waals surface area contributed by atoms with Gasteiger partial charge in [0.05, 0.1) is 6.54 Å². The summed E-state index contributed by atoms with van der Waals surface area (Å²) in [6.07, 6.45) is 3.50. The standard InChI is InChI=1S/C10H20N2OS/c1-2-5-11-10(13)7-12-9-4-3-6-14-8-9/h9,12H,2-8H2,1H3,(H,11,13). The molecular formula is C10H20N2OS. The van der Waals surface area contributed by atoms with Crippen molar-refractivity contribution < 1.29 is 4.79 Å². The lowest BCUT2D eigenvalue weighted by atomic mass is 10.2. The van der Waals surface area contributed by atoms with E-state index in [1.807, 2.05) is 11.8 Å². The lowest BCUT2D eigenvalue weighted by Gasteiger charge is -2.22. The van der Waals surface area contributed by atoms with Gasteiger partial charge < -0.3 is 10.6 Å². The highest BCUT2D eigenvalue weighted by Gasteiger charge is 2.13. The molecule has 1 rings (SSSR count). The second-order valence-electron chi connectivity index (χ2n) is 3.64. The van der Waals surface area contributed by atoms with Gasteiger partial charge in [-0.3, -0.25) is 4.79 Å². The van der Waals surface area contributed by atoms with Gasteiger partial charge in [0.1, 0.15) is 0 Å². The lowest BCUT2D eigenvalue weighted by molar-refractivity contribution is -0.120. The van der Waals surface area contributed by atoms with Gasteiger partial charge in [-0.2, -0.15) is 11.8 Å². The maximum Gasteiger partial charge on any atom is 0.233 e. The molecule has 1 atom stereocenters. The van der Waals surface area contributed by atoms with Gasteiger partial charge in [-0.25, -0.2) is 0 Å². The van der Waals surface area contributed by atoms with Gasteiger partial charge in [0.25, 0.3) is 0 Å². The molecule has 14 heavy (non-hydrogen) atoms. The normalized spacial score (nSPS) is 21.9. The highest BCUT2D eigenvalue weighted by atomic mass is 32.2. The fourth-order valence-corrected chi connectivity index (χ4v) is 2.57. The first-order valence-corrected chi connectivity index (χ1v) is 6.56. The van der Waals surface area contributed by atoms with Crippen molar-refractivity contribution in [3.8, 4) is 0 Å². The molecule has 1 aliphatic heterocycles. The first-order valence-electron chi connectivity index (χ1n) is 5.40. The first-order chi connectivity index (χ1) is 6.83. The molecular weight excluding hydrogens is 196 g/mol. The van der Waals surface area contributed by atoms with Crippen molar-refractivity contribution in [3.05, 3.63) is 0 Å². The van der Waals surface area contributed by atoms with Crippen LogP contribution in [0.1, 0.15) is 26.2 Å². The lowest BCUT2D eigenvalue weighted by Crippen LogP contribution is -2.41. The smallest absolute Gasteiger partial charge is 0.233 e. The molecule has 0 aromatic heterocycles. The molecule has 1 unspecified atom stereocenters. The minimum Gasteiger partial charge on any atom is -0.355 e. The van der Waals surface area contributed by atoms with Crippen molar-refractivity contribution in [1.82, 2.24) is 10.6 Å². The highest BCUT2D eigenvalue weighted by Crippen LogP contribution is 2.16. The zero-order chi connectivity index (χ0) is 10.2. The molecule has 2 N–H and O–H groups in total. The summed E-state index contributed by atoms with van der Waals surface area (Å²) in [7, 11) is 0. The first kappa shape index (κ1) is 11.9. The number of hydrogen-bond acceptors (Lipinski definition) is 3. The summed E-state index contributed by atoms with van der Waals surface area (Å²) in [5.74, 6) is 2.56. The van der Waals surface area contributed by atoms with E-state index in [1.54, 1.807) is 0 Å². The van der Waals surface area contributed by atoms with Crippen LogP contribution in [0.2, 0.25) is 0 Å². The predicted octanol–water partition coefficient (Wildman–Crippen LogP) is 0.998. The summed E-state index contributed by atoms with van der Waals surface area (Å²) in [5, 5.41) is 6.16. The Labute approximate surface area is 90.4 Å². The van der Waals surface area contributed by atoms with E-state index in [0.29, 0.717) is 12.6 Å². The Bertz CT molecular complexity index is 170. The van der Waals surface area contributed by atoms with Crippen molar-refractivity contribution in [2.45, 2.75) is 32.2 Å². The zero-order valence-electron chi connectivity index (χ0n) is 8.84. The van der Waals surface area contributed by atoms with Gasteiger partial charge in [0.2, 0.25) is 5.91 Å². The van der Waals surface area contributed by atoms with E-state index < -0.39 is 0 Å². The summed E-state index contributed by atoms with van der Waals surface area (Å²) >= 11 is 1.98. The average molecular weight is 216 g/mol. The Morgan fingerprint density at radius 3 is 3.07 bits per heavy atom. The summed E-state index contributed by atoms with van der Waals surface area (Å²) in [4.78, 5) is 11.3. The van der Waals surface area contributed by atoms with Crippen molar-refractivity contribution in [1.29, 1.82) is 0 Å². The molecule has 1 saturated heterocycles. The van der Waals surface area contributed by atoms with Crippen LogP contribution in [0.15, 0.2) is 0 Å². The third-order valence-corrected chi connectivity index (χ3v) is 3.50. The summed E-state index contributed by atoms with van der Waals surface area (Å²) in [6.45, 7) is 3.33. The molecule has 0 spiro atoms. The van der Waals surface area contributed by atoms with Crippen molar-refractivity contribution in [2.24, 2.45) is 0 Å². The summed E-state index contributed by atoms with van der Waals surface area (Å²) in [5.41, 5.74) is 0. The maximum absolute atomic E-state index is 11.3. The molecule has 1 aliphatic rings. The number of nitrogens with one attached hydrogen (secondary N) is 2. The van der Waals surface area contributed by atoms with E-state index in [4.69, 9.17) is 0 Å². The number of amides is 1. The average Bonchev–Trinajstić information content (AvgIpc) is 2.25. The maximum atomic E-state index is 11.3. The molecule has 0 aromatic carbocycles. The molecule has 0 saturated carbocycles. The Morgan fingerprint density at radius 2 is 2.43 bits per heavy atom. The van der Waals surface area contributed by atoms with E-state index >= 15 is 0 Å². The third-order valence-electron chi connectivity index (χ3n) is 2.28. The summed E-state index contributed by atoms with van der Waals surface area (Å²) in [6, 6.07) is 0.543. The van der Waals surface area contributed by atoms with E-state index in [9.17, 15) is 4.79 Å². The molecule has 4 heteroatoms. The van der Waals surface area contributed by atoms with E-state index in [-0.39, 0.29) is 5.91 Å². The quantitative estimate of drug-likeness (QED) is 0.720. The fraction of sp³-hybridized carbons (Fsp3) is 0.900. The molecule has 0 radical (unpaired) electrons. The van der Waals surface area contributed by atoms with Gasteiger partial charge in [-0.1, -0.05) is 6.92 Å². The number of rotatable bonds is 5. The zero-order valence-corrected chi connectivity index (χ0v) is 9.66. The predicted molar refractivity (Wildman–Crippen MR) is 61.7 cm³/mol. The Balaban J connectivity index is 2.03. The van der Waals surface area contributed by atoms with Gasteiger partial charge in [-0.05, 0) is 25.0 Å². The monoisotopic (exact) mass is 216 g/mol. The molecule has 3 nitrogen and oxygen atoms in total. The van der Waals surface area contributed by atoms with Gasteiger partial charge in [0, 0.05) is 18.3 Å². The summed E-state index contributed by atoms with van der Waals surface area (Å²) < 4.78 is 0. The minimum atomic E-state index is 0.127. The minimum absolute atomic E-state index is 0.127. The van der Waals surface area contributed by atoms with Crippen molar-refractivity contribution in [3.63, 3.8) is 0 Å². The molecule has 0 aliphatic carbocycles. The van der Waals surface area contributed by atoms with Crippen molar-refractivity contribution >= 4 is 17.7 Å². The van der Waals surface area contributed by atoms with Crippen LogP contribution in [0.25, 0.3) is 0 Å². The van der Waals surface area contributed by atoms with Gasteiger partial charge in [-0.15, -0.1) is 0 Å². The number of hydrogen-bond donors (Lipinski definition) is 2. The molecule has 1 amide bonds. The van der Waals surface area contributed by atoms with Crippen LogP contribution < -0.4 is 10.6 Å². The molecule has 0 aromatic rings. The van der Waals surface area contributed by atoms with Crippen LogP contribution >= 0.6 is 11.8 Å². The molecule has 82 valence electrons. The fourth-order valence-electron chi connectivity index (χ4n) is 1.47. The van der Waals surface area contributed by atoms with E-state index in [2.05, 4.69) is 17.6 Å². The second-order valence-corrected chi connectivity index (χ2v) is 4.79. The van der Waals surface area contributed by atoms with Crippen LogP contribution in [0.3, 0.4) is 0 Å². The SMILES string of the molecule is CCCNC(=O)CNC1CCCSC1. The Hall–Kier alpha value is -0.220.